The summed E-state index contributed by atoms with van der Waals surface area (Å²) in [5.74, 6) is -1.76. The Labute approximate surface area is 174 Å². The van der Waals surface area contributed by atoms with Gasteiger partial charge < -0.3 is 24.1 Å². The lowest BCUT2D eigenvalue weighted by atomic mass is 9.78. The molecule has 5 atom stereocenters. The van der Waals surface area contributed by atoms with E-state index in [1.165, 1.54) is 17.1 Å². The molecule has 1 amide bonds. The third-order valence-electron chi connectivity index (χ3n) is 5.63. The molecule has 30 heavy (non-hydrogen) atoms. The minimum atomic E-state index is -0.895. The zero-order chi connectivity index (χ0) is 21.8. The predicted octanol–water partition coefficient (Wildman–Crippen LogP) is 1.33. The molecule has 0 saturated carbocycles. The van der Waals surface area contributed by atoms with Gasteiger partial charge in [-0.05, 0) is 31.3 Å². The quantitative estimate of drug-likeness (QED) is 0.337. The first-order valence-electron chi connectivity index (χ1n) is 9.98. The van der Waals surface area contributed by atoms with Gasteiger partial charge in [0.2, 0.25) is 5.91 Å². The average Bonchev–Trinajstić information content (AvgIpc) is 3.02. The molecule has 0 bridgehead atoms. The van der Waals surface area contributed by atoms with Crippen molar-refractivity contribution in [1.29, 1.82) is 0 Å². The van der Waals surface area contributed by atoms with Crippen LogP contribution < -0.4 is 0 Å². The number of hydrogen-bond donors (Lipinski definition) is 1. The van der Waals surface area contributed by atoms with Crippen molar-refractivity contribution < 1.29 is 38.4 Å². The summed E-state index contributed by atoms with van der Waals surface area (Å²) in [5.41, 5.74) is 0.847. The normalized spacial score (nSPS) is 28.1. The van der Waals surface area contributed by atoms with Crippen molar-refractivity contribution in [1.82, 2.24) is 4.90 Å². The van der Waals surface area contributed by atoms with Gasteiger partial charge in [0, 0.05) is 13.2 Å². The van der Waals surface area contributed by atoms with E-state index >= 15 is 0 Å². The van der Waals surface area contributed by atoms with Crippen LogP contribution in [0.15, 0.2) is 36.6 Å². The number of aliphatic hydroxyl groups excluding tert-OH is 1. The second-order valence-corrected chi connectivity index (χ2v) is 7.38. The molecule has 9 heteroatoms. The Morgan fingerprint density at radius 2 is 2.00 bits per heavy atom. The Hall–Kier alpha value is -2.65. The summed E-state index contributed by atoms with van der Waals surface area (Å²) in [7, 11) is 0. The van der Waals surface area contributed by atoms with Crippen molar-refractivity contribution in [3.8, 4) is 0 Å². The van der Waals surface area contributed by atoms with E-state index in [2.05, 4.69) is 13.2 Å². The van der Waals surface area contributed by atoms with Crippen molar-refractivity contribution in [2.75, 3.05) is 26.4 Å². The fourth-order valence-electron chi connectivity index (χ4n) is 4.42. The third kappa shape index (κ3) is 3.87. The van der Waals surface area contributed by atoms with E-state index in [4.69, 9.17) is 18.9 Å². The van der Waals surface area contributed by atoms with Gasteiger partial charge in [-0.1, -0.05) is 25.3 Å². The number of aliphatic hydroxyl groups is 1. The number of carbonyl (C=O) groups is 3. The summed E-state index contributed by atoms with van der Waals surface area (Å²) in [6, 6.07) is -0.484. The summed E-state index contributed by atoms with van der Waals surface area (Å²) in [6.07, 6.45) is 1.75. The molecule has 3 aliphatic rings. The van der Waals surface area contributed by atoms with E-state index in [1.807, 2.05) is 0 Å². The minimum absolute atomic E-state index is 0.000703. The number of amides is 1. The highest BCUT2D eigenvalue weighted by Gasteiger charge is 2.64. The maximum atomic E-state index is 13.0. The highest BCUT2D eigenvalue weighted by Crippen LogP contribution is 2.50. The zero-order valence-electron chi connectivity index (χ0n) is 17.0. The van der Waals surface area contributed by atoms with Crippen LogP contribution in [-0.4, -0.2) is 72.7 Å². The first kappa shape index (κ1) is 22.0. The lowest BCUT2D eigenvalue weighted by molar-refractivity contribution is -0.170. The van der Waals surface area contributed by atoms with E-state index in [1.54, 1.807) is 6.92 Å². The monoisotopic (exact) mass is 421 g/mol. The van der Waals surface area contributed by atoms with Gasteiger partial charge in [0.1, 0.15) is 31.1 Å². The van der Waals surface area contributed by atoms with Gasteiger partial charge in [-0.3, -0.25) is 9.69 Å². The number of carbonyl (C=O) groups excluding carboxylic acids is 3. The lowest BCUT2D eigenvalue weighted by Crippen LogP contribution is -2.66. The standard InChI is InChI=1S/C21H27NO8/c1-4-9-28-20(25)17-15-13(6-8-23)7-11-27-18(15)16-14(19(24)22(16)17)12(3)30-21(26)29-10-5-2/h4-5,12-14,16,18,23H,1-2,6-11H2,3H3/t12-,13-,14-,16+,18+/m1/s1. The molecule has 0 aromatic heterocycles. The number of nitrogens with zero attached hydrogens (tertiary/aromatic N) is 1. The smallest absolute Gasteiger partial charge is 0.457 e. The summed E-state index contributed by atoms with van der Waals surface area (Å²) >= 11 is 0. The van der Waals surface area contributed by atoms with Gasteiger partial charge in [-0.15, -0.1) is 0 Å². The number of hydrogen-bond acceptors (Lipinski definition) is 8. The number of fused-ring (bicyclic) bond motifs is 3. The van der Waals surface area contributed by atoms with Crippen molar-refractivity contribution in [2.24, 2.45) is 11.8 Å². The molecule has 3 rings (SSSR count). The molecule has 0 radical (unpaired) electrons. The molecule has 9 nitrogen and oxygen atoms in total. The summed E-state index contributed by atoms with van der Waals surface area (Å²) in [4.78, 5) is 38.9. The van der Waals surface area contributed by atoms with Gasteiger partial charge in [0.05, 0.1) is 12.0 Å². The van der Waals surface area contributed by atoms with Crippen LogP contribution in [0.4, 0.5) is 4.79 Å². The molecule has 3 heterocycles. The molecular weight excluding hydrogens is 394 g/mol. The zero-order valence-corrected chi connectivity index (χ0v) is 17.0. The molecule has 3 aliphatic heterocycles. The van der Waals surface area contributed by atoms with E-state index in [0.29, 0.717) is 25.0 Å². The molecule has 0 unspecified atom stereocenters. The van der Waals surface area contributed by atoms with Gasteiger partial charge in [-0.25, -0.2) is 9.59 Å². The highest BCUT2D eigenvalue weighted by molar-refractivity contribution is 6.01. The highest BCUT2D eigenvalue weighted by atomic mass is 16.7. The van der Waals surface area contributed by atoms with Crippen LogP contribution in [-0.2, 0) is 28.5 Å². The fraction of sp³-hybridized carbons (Fsp3) is 0.571. The van der Waals surface area contributed by atoms with Crippen molar-refractivity contribution in [3.05, 3.63) is 36.6 Å². The van der Waals surface area contributed by atoms with Crippen molar-refractivity contribution >= 4 is 18.0 Å². The van der Waals surface area contributed by atoms with Gasteiger partial charge in [-0.2, -0.15) is 0 Å². The first-order chi connectivity index (χ1) is 14.5. The summed E-state index contributed by atoms with van der Waals surface area (Å²) < 4.78 is 21.2. The Balaban J connectivity index is 1.85. The molecule has 1 N–H and O–H groups in total. The van der Waals surface area contributed by atoms with Crippen molar-refractivity contribution in [2.45, 2.75) is 38.0 Å². The number of ether oxygens (including phenoxy) is 4. The van der Waals surface area contributed by atoms with E-state index < -0.39 is 36.3 Å². The molecule has 2 fully saturated rings. The van der Waals surface area contributed by atoms with E-state index in [-0.39, 0.29) is 37.3 Å². The number of rotatable bonds is 9. The molecule has 0 aliphatic carbocycles. The van der Waals surface area contributed by atoms with Crippen LogP contribution in [0, 0.1) is 11.8 Å². The predicted molar refractivity (Wildman–Crippen MR) is 104 cm³/mol. The molecule has 0 spiro atoms. The second-order valence-electron chi connectivity index (χ2n) is 7.38. The molecule has 0 aromatic carbocycles. The first-order valence-corrected chi connectivity index (χ1v) is 9.98. The van der Waals surface area contributed by atoms with E-state index in [9.17, 15) is 19.5 Å². The second kappa shape index (κ2) is 9.44. The number of esters is 1. The van der Waals surface area contributed by atoms with Crippen LogP contribution in [0.1, 0.15) is 19.8 Å². The van der Waals surface area contributed by atoms with Crippen molar-refractivity contribution in [3.63, 3.8) is 0 Å². The third-order valence-corrected chi connectivity index (χ3v) is 5.63. The maximum Gasteiger partial charge on any atom is 0.508 e. The SMILES string of the molecule is C=CCOC(=O)O[C@H](C)[C@H]1C(=O)N2C(C(=O)OCC=C)=C3[C@H](CCO)CCO[C@@H]3[C@H]12. The Bertz CT molecular complexity index is 758. The Morgan fingerprint density at radius 3 is 2.67 bits per heavy atom. The minimum Gasteiger partial charge on any atom is -0.457 e. The summed E-state index contributed by atoms with van der Waals surface area (Å²) in [5, 5.41) is 9.46. The molecule has 164 valence electrons. The van der Waals surface area contributed by atoms with Crippen LogP contribution in [0.3, 0.4) is 0 Å². The van der Waals surface area contributed by atoms with Gasteiger partial charge >= 0.3 is 12.1 Å². The van der Waals surface area contributed by atoms with Crippen LogP contribution >= 0.6 is 0 Å². The lowest BCUT2D eigenvalue weighted by Gasteiger charge is -2.47. The average molecular weight is 421 g/mol. The van der Waals surface area contributed by atoms with Crippen LogP contribution in [0.5, 0.6) is 0 Å². The molecular formula is C21H27NO8. The Kier molecular flexibility index (Phi) is 6.94. The van der Waals surface area contributed by atoms with Gasteiger partial charge in [0.15, 0.2) is 0 Å². The topological polar surface area (TPSA) is 112 Å². The number of β-lactam (4-membered cyclic amide) rings is 1. The van der Waals surface area contributed by atoms with Crippen LogP contribution in [0.25, 0.3) is 0 Å². The summed E-state index contributed by atoms with van der Waals surface area (Å²) in [6.45, 7) is 9.00. The van der Waals surface area contributed by atoms with Gasteiger partial charge in [0.25, 0.3) is 0 Å². The van der Waals surface area contributed by atoms with E-state index in [0.717, 1.165) is 0 Å². The largest absolute Gasteiger partial charge is 0.508 e. The maximum absolute atomic E-state index is 13.0. The molecule has 0 aromatic rings. The van der Waals surface area contributed by atoms with Crippen LogP contribution in [0.2, 0.25) is 0 Å². The fourth-order valence-corrected chi connectivity index (χ4v) is 4.42. The molecule has 2 saturated heterocycles. The Morgan fingerprint density at radius 1 is 1.30 bits per heavy atom.